The predicted octanol–water partition coefficient (Wildman–Crippen LogP) is 0.471. The summed E-state index contributed by atoms with van der Waals surface area (Å²) in [5, 5.41) is 0. The van der Waals surface area contributed by atoms with Crippen molar-refractivity contribution in [2.75, 3.05) is 13.1 Å². The molecular weight excluding hydrogens is 182 g/mol. The molecule has 5 heteroatoms. The van der Waals surface area contributed by atoms with Crippen LogP contribution in [0.1, 0.15) is 0 Å². The molecule has 0 aromatic rings. The molecule has 0 rings (SSSR count). The van der Waals surface area contributed by atoms with E-state index in [2.05, 4.69) is 9.67 Å². The second-order valence-electron chi connectivity index (χ2n) is 0.767. The number of halogens is 2. The summed E-state index contributed by atoms with van der Waals surface area (Å²) in [6.07, 6.45) is 0. The zero-order valence-corrected chi connectivity index (χ0v) is 5.99. The van der Waals surface area contributed by atoms with Gasteiger partial charge in [0.2, 0.25) is 0 Å². The number of hydrogen-bond donors (Lipinski definition) is 2. The first kappa shape index (κ1) is 10.9. The van der Waals surface area contributed by atoms with Crippen LogP contribution < -0.4 is 9.67 Å². The summed E-state index contributed by atoms with van der Waals surface area (Å²) in [4.78, 5) is 4.79. The Labute approximate surface area is 63.1 Å². The van der Waals surface area contributed by atoms with E-state index < -0.39 is 0 Å². The minimum atomic E-state index is 0. The average Bonchev–Trinajstić information content (AvgIpc) is 1.61. The molecule has 0 aromatic heterocycles. The molecule has 2 nitrogen and oxygen atoms in total. The molecule has 0 spiro atoms. The van der Waals surface area contributed by atoms with Gasteiger partial charge in [0.1, 0.15) is 0 Å². The van der Waals surface area contributed by atoms with Crippen molar-refractivity contribution in [3.8, 4) is 0 Å². The fraction of sp³-hybridized carbons (Fsp3) is 1.00. The molecule has 0 aromatic carbocycles. The Morgan fingerprint density at radius 3 is 1.43 bits per heavy atom. The normalized spacial score (nSPS) is 7.71. The van der Waals surface area contributed by atoms with Gasteiger partial charge in [-0.05, 0) is 23.6 Å². The third-order valence-electron chi connectivity index (χ3n) is 0.314. The van der Waals surface area contributed by atoms with Crippen molar-refractivity contribution in [3.63, 3.8) is 0 Å². The molecular formula is C2H6Cl2N2Ni. The SMILES string of the molecule is ClNCCNCl.[Ni]. The largest absolute Gasteiger partial charge is 0.232 e. The molecule has 0 fully saturated rings. The monoisotopic (exact) mass is 186 g/mol. The van der Waals surface area contributed by atoms with Crippen molar-refractivity contribution < 1.29 is 16.5 Å². The minimum absolute atomic E-state index is 0. The standard InChI is InChI=1S/C2H6Cl2N2.Ni/c3-5-1-2-6-4;/h5-6H,1-2H2;. The van der Waals surface area contributed by atoms with E-state index in [9.17, 15) is 0 Å². The van der Waals surface area contributed by atoms with Crippen molar-refractivity contribution in [2.45, 2.75) is 0 Å². The molecule has 0 radical (unpaired) electrons. The molecule has 0 atom stereocenters. The maximum atomic E-state index is 5.03. The quantitative estimate of drug-likeness (QED) is 0.382. The van der Waals surface area contributed by atoms with Gasteiger partial charge in [-0.15, -0.1) is 0 Å². The maximum Gasteiger partial charge on any atom is 0.0246 e. The Bertz CT molecular complexity index is 25.7. The molecule has 0 saturated heterocycles. The van der Waals surface area contributed by atoms with Crippen LogP contribution in [0.4, 0.5) is 0 Å². The predicted molar refractivity (Wildman–Crippen MR) is 27.7 cm³/mol. The number of nitrogens with one attached hydrogen (secondary N) is 2. The molecule has 0 unspecified atom stereocenters. The first-order chi connectivity index (χ1) is 2.91. The maximum absolute atomic E-state index is 5.03. The third-order valence-corrected chi connectivity index (χ3v) is 0.692. The molecule has 0 aliphatic carbocycles. The molecule has 0 aliphatic rings. The van der Waals surface area contributed by atoms with E-state index >= 15 is 0 Å². The summed E-state index contributed by atoms with van der Waals surface area (Å²) in [7, 11) is 0. The molecule has 7 heavy (non-hydrogen) atoms. The Hall–Kier alpha value is 0.994. The van der Waals surface area contributed by atoms with Crippen molar-refractivity contribution in [1.29, 1.82) is 0 Å². The van der Waals surface area contributed by atoms with Gasteiger partial charge in [0.25, 0.3) is 0 Å². The van der Waals surface area contributed by atoms with Gasteiger partial charge < -0.3 is 0 Å². The van der Waals surface area contributed by atoms with Gasteiger partial charge in [-0.3, -0.25) is 0 Å². The van der Waals surface area contributed by atoms with Gasteiger partial charge in [0, 0.05) is 29.6 Å². The van der Waals surface area contributed by atoms with Crippen LogP contribution in [0.3, 0.4) is 0 Å². The van der Waals surface area contributed by atoms with Crippen LogP contribution in [0.25, 0.3) is 0 Å². The number of hydrogen-bond acceptors (Lipinski definition) is 2. The second kappa shape index (κ2) is 10.1. The van der Waals surface area contributed by atoms with Gasteiger partial charge in [-0.1, -0.05) is 0 Å². The molecule has 0 aliphatic heterocycles. The summed E-state index contributed by atoms with van der Waals surface area (Å²) >= 11 is 10.1. The van der Waals surface area contributed by atoms with E-state index in [4.69, 9.17) is 23.6 Å². The van der Waals surface area contributed by atoms with Crippen molar-refractivity contribution in [2.24, 2.45) is 0 Å². The first-order valence-corrected chi connectivity index (χ1v) is 2.34. The Morgan fingerprint density at radius 2 is 1.29 bits per heavy atom. The van der Waals surface area contributed by atoms with E-state index in [0.717, 1.165) is 0 Å². The summed E-state index contributed by atoms with van der Waals surface area (Å²) < 4.78 is 0. The van der Waals surface area contributed by atoms with Crippen LogP contribution in [0.5, 0.6) is 0 Å². The van der Waals surface area contributed by atoms with Gasteiger partial charge in [-0.25, -0.2) is 9.67 Å². The molecule has 48 valence electrons. The van der Waals surface area contributed by atoms with E-state index in [0.29, 0.717) is 13.1 Å². The van der Waals surface area contributed by atoms with Crippen molar-refractivity contribution in [1.82, 2.24) is 9.67 Å². The summed E-state index contributed by atoms with van der Waals surface area (Å²) in [5.41, 5.74) is 0. The second-order valence-corrected chi connectivity index (χ2v) is 1.30. The van der Waals surface area contributed by atoms with Crippen molar-refractivity contribution in [3.05, 3.63) is 0 Å². The van der Waals surface area contributed by atoms with E-state index in [1.54, 1.807) is 0 Å². The Morgan fingerprint density at radius 1 is 1.00 bits per heavy atom. The summed E-state index contributed by atoms with van der Waals surface area (Å²) in [6.45, 7) is 1.37. The third kappa shape index (κ3) is 10.9. The van der Waals surface area contributed by atoms with E-state index in [1.807, 2.05) is 0 Å². The van der Waals surface area contributed by atoms with Crippen LogP contribution in [0.2, 0.25) is 0 Å². The van der Waals surface area contributed by atoms with Gasteiger partial charge in [0.05, 0.1) is 0 Å². The average molecular weight is 188 g/mol. The van der Waals surface area contributed by atoms with E-state index in [1.165, 1.54) is 0 Å². The minimum Gasteiger partial charge on any atom is -0.232 e. The van der Waals surface area contributed by atoms with Gasteiger partial charge >= 0.3 is 0 Å². The zero-order valence-electron chi connectivity index (χ0n) is 3.49. The first-order valence-electron chi connectivity index (χ1n) is 1.59. The topological polar surface area (TPSA) is 24.1 Å². The van der Waals surface area contributed by atoms with Crippen LogP contribution in [-0.4, -0.2) is 13.1 Å². The van der Waals surface area contributed by atoms with Gasteiger partial charge in [0.15, 0.2) is 0 Å². The van der Waals surface area contributed by atoms with Crippen LogP contribution in [0, 0.1) is 0 Å². The Kier molecular flexibility index (Phi) is 15.7. The van der Waals surface area contributed by atoms with Gasteiger partial charge in [-0.2, -0.15) is 0 Å². The zero-order chi connectivity index (χ0) is 4.83. The molecule has 0 saturated carbocycles. The summed E-state index contributed by atoms with van der Waals surface area (Å²) in [6, 6.07) is 0. The fourth-order valence-electron chi connectivity index (χ4n) is 0.0945. The smallest absolute Gasteiger partial charge is 0.0246 e. The molecule has 0 bridgehead atoms. The van der Waals surface area contributed by atoms with E-state index in [-0.39, 0.29) is 16.5 Å². The van der Waals surface area contributed by atoms with Crippen LogP contribution >= 0.6 is 23.6 Å². The van der Waals surface area contributed by atoms with Crippen LogP contribution in [-0.2, 0) is 16.5 Å². The molecule has 2 N–H and O–H groups in total. The molecule has 0 amide bonds. The van der Waals surface area contributed by atoms with Crippen molar-refractivity contribution >= 4 is 23.6 Å². The fourth-order valence-corrected chi connectivity index (χ4v) is 0.283. The van der Waals surface area contributed by atoms with Crippen LogP contribution in [0.15, 0.2) is 0 Å². The molecule has 0 heterocycles. The summed E-state index contributed by atoms with van der Waals surface area (Å²) in [5.74, 6) is 0. The number of rotatable bonds is 3. The Balaban J connectivity index is 0.